The van der Waals surface area contributed by atoms with Crippen molar-refractivity contribution in [2.75, 3.05) is 5.73 Å². The first-order valence-corrected chi connectivity index (χ1v) is 7.00. The molecule has 1 aromatic heterocycles. The number of nitrogens with two attached hydrogens (primary N) is 1. The molecule has 0 aliphatic rings. The van der Waals surface area contributed by atoms with Crippen LogP contribution in [-0.4, -0.2) is 9.97 Å². The Labute approximate surface area is 125 Å². The van der Waals surface area contributed by atoms with E-state index in [0.29, 0.717) is 5.75 Å². The zero-order valence-corrected chi connectivity index (χ0v) is 13.1. The summed E-state index contributed by atoms with van der Waals surface area (Å²) in [6.07, 6.45) is 1.31. The molecule has 3 N–H and O–H groups in total. The van der Waals surface area contributed by atoms with Crippen LogP contribution >= 0.6 is 15.9 Å². The monoisotopic (exact) mass is 337 g/mol. The number of nitrogen functional groups attached to an aromatic ring is 1. The number of nitrogens with one attached hydrogen (secondary N) is 1. The van der Waals surface area contributed by atoms with E-state index in [1.54, 1.807) is 0 Å². The van der Waals surface area contributed by atoms with Crippen molar-refractivity contribution < 1.29 is 4.74 Å². The molecule has 2 aromatic rings. The molecule has 0 aliphatic carbocycles. The lowest BCUT2D eigenvalue weighted by atomic mass is 9.99. The predicted octanol–water partition coefficient (Wildman–Crippen LogP) is 3.34. The van der Waals surface area contributed by atoms with Crippen molar-refractivity contribution in [1.29, 1.82) is 0 Å². The fraction of sp³-hybridized carbons (Fsp3) is 0.286. The number of anilines is 1. The van der Waals surface area contributed by atoms with Crippen molar-refractivity contribution in [2.45, 2.75) is 26.7 Å². The summed E-state index contributed by atoms with van der Waals surface area (Å²) in [4.78, 5) is 18.0. The van der Waals surface area contributed by atoms with E-state index in [4.69, 9.17) is 10.5 Å². The normalized spacial score (nSPS) is 10.8. The number of hydrogen-bond donors (Lipinski definition) is 2. The van der Waals surface area contributed by atoms with Gasteiger partial charge in [-0.1, -0.05) is 13.8 Å². The van der Waals surface area contributed by atoms with Crippen molar-refractivity contribution in [1.82, 2.24) is 9.97 Å². The third-order valence-corrected chi connectivity index (χ3v) is 3.69. The molecule has 0 spiro atoms. The molecule has 1 heterocycles. The molecule has 0 aliphatic heterocycles. The van der Waals surface area contributed by atoms with E-state index < -0.39 is 0 Å². The topological polar surface area (TPSA) is 81.0 Å². The minimum Gasteiger partial charge on any atom is -0.437 e. The standard InChI is InChI=1S/C14H16BrN3O2/c1-7(2)9-5-10(16)8(3)4-11(9)20-14-12(15)13(19)17-6-18-14/h4-7H,16H2,1-3H3,(H,17,18,19). The fourth-order valence-electron chi connectivity index (χ4n) is 1.80. The average molecular weight is 338 g/mol. The van der Waals surface area contributed by atoms with E-state index >= 15 is 0 Å². The van der Waals surface area contributed by atoms with Crippen LogP contribution in [0.25, 0.3) is 0 Å². The predicted molar refractivity (Wildman–Crippen MR) is 82.3 cm³/mol. The quantitative estimate of drug-likeness (QED) is 0.841. The van der Waals surface area contributed by atoms with Crippen LogP contribution in [0.2, 0.25) is 0 Å². The van der Waals surface area contributed by atoms with Crippen molar-refractivity contribution in [3.8, 4) is 11.6 Å². The number of aromatic nitrogens is 2. The largest absolute Gasteiger partial charge is 0.437 e. The number of aromatic amines is 1. The van der Waals surface area contributed by atoms with Gasteiger partial charge in [-0.3, -0.25) is 4.79 Å². The minimum atomic E-state index is -0.284. The maximum Gasteiger partial charge on any atom is 0.268 e. The summed E-state index contributed by atoms with van der Waals surface area (Å²) >= 11 is 3.18. The molecule has 6 heteroatoms. The van der Waals surface area contributed by atoms with Gasteiger partial charge >= 0.3 is 0 Å². The molecule has 106 valence electrons. The molecular weight excluding hydrogens is 322 g/mol. The lowest BCUT2D eigenvalue weighted by Gasteiger charge is -2.16. The van der Waals surface area contributed by atoms with Gasteiger partial charge in [-0.05, 0) is 52.0 Å². The van der Waals surface area contributed by atoms with E-state index in [-0.39, 0.29) is 21.8 Å². The summed E-state index contributed by atoms with van der Waals surface area (Å²) < 4.78 is 6.05. The second-order valence-corrected chi connectivity index (χ2v) is 5.65. The molecule has 0 saturated carbocycles. The highest BCUT2D eigenvalue weighted by molar-refractivity contribution is 9.10. The number of aryl methyl sites for hydroxylation is 1. The van der Waals surface area contributed by atoms with Crippen LogP contribution in [0.4, 0.5) is 5.69 Å². The summed E-state index contributed by atoms with van der Waals surface area (Å²) in [5, 5.41) is 0. The first-order valence-electron chi connectivity index (χ1n) is 6.21. The highest BCUT2D eigenvalue weighted by atomic mass is 79.9. The summed E-state index contributed by atoms with van der Waals surface area (Å²) in [5.74, 6) is 1.14. The fourth-order valence-corrected chi connectivity index (χ4v) is 2.10. The van der Waals surface area contributed by atoms with Gasteiger partial charge in [-0.2, -0.15) is 0 Å². The van der Waals surface area contributed by atoms with Gasteiger partial charge in [0.15, 0.2) is 0 Å². The van der Waals surface area contributed by atoms with Crippen LogP contribution in [0, 0.1) is 6.92 Å². The molecule has 20 heavy (non-hydrogen) atoms. The first kappa shape index (κ1) is 14.6. The minimum absolute atomic E-state index is 0.236. The van der Waals surface area contributed by atoms with Crippen LogP contribution in [-0.2, 0) is 0 Å². The number of ether oxygens (including phenoxy) is 1. The summed E-state index contributed by atoms with van der Waals surface area (Å²) in [7, 11) is 0. The summed E-state index contributed by atoms with van der Waals surface area (Å²) in [6.45, 7) is 6.01. The molecule has 0 unspecified atom stereocenters. The van der Waals surface area contributed by atoms with Gasteiger partial charge in [0, 0.05) is 5.69 Å². The molecule has 2 rings (SSSR count). The van der Waals surface area contributed by atoms with E-state index in [2.05, 4.69) is 39.7 Å². The first-order chi connectivity index (χ1) is 9.40. The van der Waals surface area contributed by atoms with Gasteiger partial charge in [0.1, 0.15) is 10.2 Å². The summed E-state index contributed by atoms with van der Waals surface area (Å²) in [6, 6.07) is 3.76. The lowest BCUT2D eigenvalue weighted by Crippen LogP contribution is -2.09. The molecule has 0 radical (unpaired) electrons. The molecule has 0 saturated heterocycles. The van der Waals surface area contributed by atoms with E-state index in [0.717, 1.165) is 16.8 Å². The van der Waals surface area contributed by atoms with E-state index in [9.17, 15) is 4.79 Å². The second-order valence-electron chi connectivity index (χ2n) is 4.85. The highest BCUT2D eigenvalue weighted by Crippen LogP contribution is 2.34. The molecule has 0 amide bonds. The maximum atomic E-state index is 11.5. The highest BCUT2D eigenvalue weighted by Gasteiger charge is 2.14. The van der Waals surface area contributed by atoms with Gasteiger partial charge in [0.05, 0.1) is 6.33 Å². The second kappa shape index (κ2) is 5.66. The van der Waals surface area contributed by atoms with Crippen molar-refractivity contribution in [3.63, 3.8) is 0 Å². The van der Waals surface area contributed by atoms with Crippen molar-refractivity contribution in [2.24, 2.45) is 0 Å². The maximum absolute atomic E-state index is 11.5. The number of rotatable bonds is 3. The molecule has 0 fully saturated rings. The Bertz CT molecular complexity index is 695. The molecule has 0 atom stereocenters. The van der Waals surface area contributed by atoms with Crippen LogP contribution in [0.15, 0.2) is 27.7 Å². The Kier molecular flexibility index (Phi) is 4.13. The van der Waals surface area contributed by atoms with Crippen LogP contribution in [0.3, 0.4) is 0 Å². The van der Waals surface area contributed by atoms with Gasteiger partial charge in [-0.15, -0.1) is 0 Å². The Hall–Kier alpha value is -1.82. The molecule has 5 nitrogen and oxygen atoms in total. The van der Waals surface area contributed by atoms with Crippen LogP contribution in [0.1, 0.15) is 30.9 Å². The van der Waals surface area contributed by atoms with Gasteiger partial charge in [-0.25, -0.2) is 4.98 Å². The zero-order valence-electron chi connectivity index (χ0n) is 11.5. The number of benzene rings is 1. The summed E-state index contributed by atoms with van der Waals surface area (Å²) in [5.41, 5.74) is 8.27. The Morgan fingerprint density at radius 2 is 2.10 bits per heavy atom. The van der Waals surface area contributed by atoms with Gasteiger partial charge in [0.2, 0.25) is 5.88 Å². The Morgan fingerprint density at radius 1 is 1.40 bits per heavy atom. The van der Waals surface area contributed by atoms with Crippen LogP contribution in [0.5, 0.6) is 11.6 Å². The Balaban J connectivity index is 2.50. The van der Waals surface area contributed by atoms with Gasteiger partial charge in [0.25, 0.3) is 5.56 Å². The zero-order chi connectivity index (χ0) is 14.9. The average Bonchev–Trinajstić information content (AvgIpc) is 2.38. The third-order valence-electron chi connectivity index (χ3n) is 2.99. The van der Waals surface area contributed by atoms with E-state index in [1.165, 1.54) is 6.33 Å². The molecular formula is C14H16BrN3O2. The van der Waals surface area contributed by atoms with Crippen LogP contribution < -0.4 is 16.0 Å². The lowest BCUT2D eigenvalue weighted by molar-refractivity contribution is 0.448. The van der Waals surface area contributed by atoms with Gasteiger partial charge < -0.3 is 15.5 Å². The number of nitrogens with zero attached hydrogens (tertiary/aromatic N) is 1. The molecule has 0 bridgehead atoms. The SMILES string of the molecule is Cc1cc(Oc2nc[nH]c(=O)c2Br)c(C(C)C)cc1N. The number of H-pyrrole nitrogens is 1. The third kappa shape index (κ3) is 2.85. The van der Waals surface area contributed by atoms with Crippen molar-refractivity contribution in [3.05, 3.63) is 44.4 Å². The molecule has 1 aromatic carbocycles. The van der Waals surface area contributed by atoms with Crippen molar-refractivity contribution >= 4 is 21.6 Å². The van der Waals surface area contributed by atoms with E-state index in [1.807, 2.05) is 19.1 Å². The Morgan fingerprint density at radius 3 is 2.75 bits per heavy atom. The number of hydrogen-bond acceptors (Lipinski definition) is 4. The number of halogens is 1. The smallest absolute Gasteiger partial charge is 0.268 e.